The number of benzene rings is 2. The average molecular weight is 397 g/mol. The van der Waals surface area contributed by atoms with Gasteiger partial charge >= 0.3 is 0 Å². The third-order valence-corrected chi connectivity index (χ3v) is 5.84. The molecule has 0 saturated carbocycles. The van der Waals surface area contributed by atoms with Crippen molar-refractivity contribution >= 4 is 32.7 Å². The summed E-state index contributed by atoms with van der Waals surface area (Å²) in [6, 6.07) is 18.6. The van der Waals surface area contributed by atoms with Crippen molar-refractivity contribution in [2.45, 2.75) is 25.2 Å². The van der Waals surface area contributed by atoms with Crippen LogP contribution in [0, 0.1) is 0 Å². The maximum Gasteiger partial charge on any atom is 0.227 e. The van der Waals surface area contributed by atoms with Gasteiger partial charge in [0.1, 0.15) is 0 Å². The Kier molecular flexibility index (Phi) is 4.62. The van der Waals surface area contributed by atoms with E-state index in [2.05, 4.69) is 51.2 Å². The molecule has 1 aliphatic rings. The summed E-state index contributed by atoms with van der Waals surface area (Å²) in [6.45, 7) is 1.66. The number of aromatic nitrogens is 1. The Bertz CT molecular complexity index is 869. The first-order chi connectivity index (χ1) is 12.2. The molecule has 1 N–H and O–H groups in total. The van der Waals surface area contributed by atoms with Crippen molar-refractivity contribution in [3.05, 3.63) is 70.3 Å². The molecule has 25 heavy (non-hydrogen) atoms. The quantitative estimate of drug-likeness (QED) is 0.672. The number of halogens is 1. The predicted octanol–water partition coefficient (Wildman–Crippen LogP) is 4.88. The number of carbonyl (C=O) groups excluding carboxylic acids is 1. The predicted molar refractivity (Wildman–Crippen MR) is 105 cm³/mol. The summed E-state index contributed by atoms with van der Waals surface area (Å²) in [5.74, 6) is 0.608. The first kappa shape index (κ1) is 16.4. The van der Waals surface area contributed by atoms with Gasteiger partial charge in [-0.25, -0.2) is 0 Å². The fourth-order valence-corrected chi connectivity index (χ4v) is 4.11. The molecule has 1 fully saturated rings. The van der Waals surface area contributed by atoms with E-state index in [1.807, 2.05) is 29.2 Å². The van der Waals surface area contributed by atoms with Crippen LogP contribution in [0.15, 0.2) is 59.1 Å². The molecule has 4 rings (SSSR count). The van der Waals surface area contributed by atoms with Crippen LogP contribution >= 0.6 is 15.9 Å². The number of hydrogen-bond donors (Lipinski definition) is 1. The Balaban J connectivity index is 1.48. The summed E-state index contributed by atoms with van der Waals surface area (Å²) < 4.78 is 1.01. The molecule has 128 valence electrons. The van der Waals surface area contributed by atoms with E-state index in [0.29, 0.717) is 12.3 Å². The maximum atomic E-state index is 12.8. The van der Waals surface area contributed by atoms with Crippen molar-refractivity contribution in [1.82, 2.24) is 9.88 Å². The second-order valence-electron chi connectivity index (χ2n) is 6.76. The number of carbonyl (C=O) groups is 1. The van der Waals surface area contributed by atoms with Crippen LogP contribution in [-0.2, 0) is 11.2 Å². The molecular formula is C21H21BrN2O. The first-order valence-electron chi connectivity index (χ1n) is 8.79. The van der Waals surface area contributed by atoms with E-state index in [9.17, 15) is 4.79 Å². The van der Waals surface area contributed by atoms with Crippen LogP contribution in [0.25, 0.3) is 10.9 Å². The van der Waals surface area contributed by atoms with Crippen LogP contribution in [0.2, 0.25) is 0 Å². The van der Waals surface area contributed by atoms with Crippen LogP contribution in [0.3, 0.4) is 0 Å². The minimum Gasteiger partial charge on any atom is -0.358 e. The van der Waals surface area contributed by atoms with Crippen molar-refractivity contribution in [3.8, 4) is 0 Å². The molecular weight excluding hydrogens is 376 g/mol. The number of fused-ring (bicyclic) bond motifs is 1. The highest BCUT2D eigenvalue weighted by Gasteiger charge is 2.26. The molecule has 1 atom stereocenters. The molecule has 2 heterocycles. The highest BCUT2D eigenvalue weighted by atomic mass is 79.9. The van der Waals surface area contributed by atoms with Crippen molar-refractivity contribution in [3.63, 3.8) is 0 Å². The molecule has 3 aromatic rings. The molecule has 3 nitrogen and oxygen atoms in total. The highest BCUT2D eigenvalue weighted by molar-refractivity contribution is 9.10. The van der Waals surface area contributed by atoms with Gasteiger partial charge in [-0.1, -0.05) is 52.3 Å². The van der Waals surface area contributed by atoms with Gasteiger partial charge in [-0.05, 0) is 42.0 Å². The van der Waals surface area contributed by atoms with Gasteiger partial charge < -0.3 is 9.88 Å². The van der Waals surface area contributed by atoms with Crippen LogP contribution < -0.4 is 0 Å². The summed E-state index contributed by atoms with van der Waals surface area (Å²) in [5.41, 5.74) is 3.48. The second kappa shape index (κ2) is 7.04. The number of piperidine rings is 1. The monoisotopic (exact) mass is 396 g/mol. The smallest absolute Gasteiger partial charge is 0.227 e. The summed E-state index contributed by atoms with van der Waals surface area (Å²) in [5, 5.41) is 1.24. The Labute approximate surface area is 156 Å². The van der Waals surface area contributed by atoms with Crippen molar-refractivity contribution in [2.75, 3.05) is 13.1 Å². The van der Waals surface area contributed by atoms with E-state index in [1.54, 1.807) is 0 Å². The minimum atomic E-state index is 0.215. The Morgan fingerprint density at radius 1 is 1.16 bits per heavy atom. The second-order valence-corrected chi connectivity index (χ2v) is 7.61. The van der Waals surface area contributed by atoms with Crippen molar-refractivity contribution in [1.29, 1.82) is 0 Å². The largest absolute Gasteiger partial charge is 0.358 e. The number of hydrogen-bond acceptors (Lipinski definition) is 1. The molecule has 0 spiro atoms. The minimum absolute atomic E-state index is 0.215. The number of likely N-dealkylation sites (tertiary alicyclic amines) is 1. The summed E-state index contributed by atoms with van der Waals surface area (Å²) >= 11 is 3.54. The molecule has 1 unspecified atom stereocenters. The number of nitrogens with one attached hydrogen (secondary N) is 1. The number of rotatable bonds is 3. The molecule has 0 aliphatic carbocycles. The van der Waals surface area contributed by atoms with Crippen LogP contribution in [0.5, 0.6) is 0 Å². The van der Waals surface area contributed by atoms with Gasteiger partial charge in [0.2, 0.25) is 5.91 Å². The molecule has 1 aromatic heterocycles. The lowest BCUT2D eigenvalue weighted by atomic mass is 9.94. The van der Waals surface area contributed by atoms with Gasteiger partial charge in [0.15, 0.2) is 0 Å². The number of H-pyrrole nitrogens is 1. The Hall–Kier alpha value is -2.07. The lowest BCUT2D eigenvalue weighted by Gasteiger charge is -2.32. The standard InChI is InChI=1S/C21H21BrN2O/c22-18-9-3-1-6-15(18)13-21(25)24-11-5-8-17(14-24)20-12-16-7-2-4-10-19(16)23-20/h1-4,6-7,9-10,12,17,23H,5,8,11,13-14H2. The highest BCUT2D eigenvalue weighted by Crippen LogP contribution is 2.29. The van der Waals surface area contributed by atoms with Gasteiger partial charge in [0, 0.05) is 34.7 Å². The molecule has 0 radical (unpaired) electrons. The van der Waals surface area contributed by atoms with Crippen LogP contribution in [-0.4, -0.2) is 28.9 Å². The van der Waals surface area contributed by atoms with Crippen LogP contribution in [0.4, 0.5) is 0 Å². The van der Waals surface area contributed by atoms with Gasteiger partial charge in [-0.3, -0.25) is 4.79 Å². The van der Waals surface area contributed by atoms with Gasteiger partial charge in [-0.15, -0.1) is 0 Å². The SMILES string of the molecule is O=C(Cc1ccccc1Br)N1CCCC(c2cc3ccccc3[nH]2)C1. The molecule has 1 aliphatic heterocycles. The van der Waals surface area contributed by atoms with Gasteiger partial charge in [-0.2, -0.15) is 0 Å². The summed E-state index contributed by atoms with van der Waals surface area (Å²) in [7, 11) is 0. The zero-order valence-electron chi connectivity index (χ0n) is 14.0. The number of aromatic amines is 1. The fourth-order valence-electron chi connectivity index (χ4n) is 3.69. The number of para-hydroxylation sites is 1. The Morgan fingerprint density at radius 2 is 1.96 bits per heavy atom. The first-order valence-corrected chi connectivity index (χ1v) is 9.59. The summed E-state index contributed by atoms with van der Waals surface area (Å²) in [4.78, 5) is 18.3. The number of nitrogens with zero attached hydrogens (tertiary/aromatic N) is 1. The van der Waals surface area contributed by atoms with E-state index in [1.165, 1.54) is 16.6 Å². The topological polar surface area (TPSA) is 36.1 Å². The van der Waals surface area contributed by atoms with Crippen molar-refractivity contribution < 1.29 is 4.79 Å². The lowest BCUT2D eigenvalue weighted by Crippen LogP contribution is -2.40. The third-order valence-electron chi connectivity index (χ3n) is 5.06. The van der Waals surface area contributed by atoms with E-state index < -0.39 is 0 Å². The van der Waals surface area contributed by atoms with Gasteiger partial charge in [0.05, 0.1) is 6.42 Å². The summed E-state index contributed by atoms with van der Waals surface area (Å²) in [6.07, 6.45) is 2.65. The lowest BCUT2D eigenvalue weighted by molar-refractivity contribution is -0.131. The van der Waals surface area contributed by atoms with E-state index in [4.69, 9.17) is 0 Å². The molecule has 2 aromatic carbocycles. The molecule has 4 heteroatoms. The zero-order chi connectivity index (χ0) is 17.2. The Morgan fingerprint density at radius 3 is 2.80 bits per heavy atom. The van der Waals surface area contributed by atoms with Gasteiger partial charge in [0.25, 0.3) is 0 Å². The van der Waals surface area contributed by atoms with Crippen molar-refractivity contribution in [2.24, 2.45) is 0 Å². The van der Waals surface area contributed by atoms with E-state index in [0.717, 1.165) is 36.0 Å². The zero-order valence-corrected chi connectivity index (χ0v) is 15.6. The van der Waals surface area contributed by atoms with E-state index in [-0.39, 0.29) is 5.91 Å². The van der Waals surface area contributed by atoms with Crippen LogP contribution in [0.1, 0.15) is 30.0 Å². The maximum absolute atomic E-state index is 12.8. The number of amides is 1. The molecule has 0 bridgehead atoms. The molecule has 1 amide bonds. The normalized spacial score (nSPS) is 17.8. The molecule has 1 saturated heterocycles. The fraction of sp³-hybridized carbons (Fsp3) is 0.286. The van der Waals surface area contributed by atoms with E-state index >= 15 is 0 Å². The average Bonchev–Trinajstić information content (AvgIpc) is 3.08. The third kappa shape index (κ3) is 3.49.